The van der Waals surface area contributed by atoms with Crippen molar-refractivity contribution < 1.29 is 13.9 Å². The maximum atomic E-state index is 14.8. The van der Waals surface area contributed by atoms with Crippen molar-refractivity contribution in [3.05, 3.63) is 80.0 Å². The number of hydrogen-bond donors (Lipinski definition) is 1. The van der Waals surface area contributed by atoms with Gasteiger partial charge in [0.1, 0.15) is 0 Å². The highest BCUT2D eigenvalue weighted by atomic mass is 79.9. The summed E-state index contributed by atoms with van der Waals surface area (Å²) in [5.41, 5.74) is 2.29. The molecule has 1 unspecified atom stereocenters. The van der Waals surface area contributed by atoms with Gasteiger partial charge < -0.3 is 14.6 Å². The van der Waals surface area contributed by atoms with E-state index < -0.39 is 23.4 Å². The number of fused-ring (bicyclic) bond motifs is 2. The molecule has 6 nitrogen and oxygen atoms in total. The first-order valence-electron chi connectivity index (χ1n) is 9.91. The van der Waals surface area contributed by atoms with Crippen molar-refractivity contribution in [1.29, 1.82) is 5.26 Å². The van der Waals surface area contributed by atoms with Gasteiger partial charge in [0.15, 0.2) is 16.2 Å². The molecule has 3 aromatic rings. The van der Waals surface area contributed by atoms with Crippen molar-refractivity contribution >= 4 is 39.2 Å². The molecule has 0 saturated heterocycles. The number of aromatic nitrogens is 2. The van der Waals surface area contributed by atoms with E-state index in [4.69, 9.17) is 16.3 Å². The van der Waals surface area contributed by atoms with E-state index in [0.717, 1.165) is 11.1 Å². The van der Waals surface area contributed by atoms with Gasteiger partial charge in [0, 0.05) is 0 Å². The zero-order valence-corrected chi connectivity index (χ0v) is 19.9. The third-order valence-electron chi connectivity index (χ3n) is 5.58. The van der Waals surface area contributed by atoms with E-state index in [1.807, 2.05) is 24.5 Å². The molecule has 0 bridgehead atoms. The molecule has 0 amide bonds. The molecule has 0 fully saturated rings. The smallest absolute Gasteiger partial charge is 0.358 e. The van der Waals surface area contributed by atoms with Crippen LogP contribution in [0, 0.1) is 17.1 Å². The third kappa shape index (κ3) is 3.46. The van der Waals surface area contributed by atoms with Gasteiger partial charge in [-0.15, -0.1) is 0 Å². The minimum Gasteiger partial charge on any atom is -0.461 e. The zero-order chi connectivity index (χ0) is 23.2. The fraction of sp³-hybridized carbons (Fsp3) is 0.261. The molecule has 0 aliphatic carbocycles. The molecule has 0 spiro atoms. The number of nitriles is 1. The summed E-state index contributed by atoms with van der Waals surface area (Å²) < 4.78 is 22.3. The van der Waals surface area contributed by atoms with Crippen molar-refractivity contribution in [2.75, 3.05) is 11.9 Å². The van der Waals surface area contributed by atoms with Crippen molar-refractivity contribution in [3.8, 4) is 6.07 Å². The predicted molar refractivity (Wildman–Crippen MR) is 122 cm³/mol. The first kappa shape index (κ1) is 22.3. The van der Waals surface area contributed by atoms with Crippen LogP contribution >= 0.6 is 27.5 Å². The Morgan fingerprint density at radius 1 is 1.41 bits per heavy atom. The van der Waals surface area contributed by atoms with E-state index in [9.17, 15) is 14.4 Å². The number of nitrogens with zero attached hydrogens (tertiary/aromatic N) is 3. The van der Waals surface area contributed by atoms with Gasteiger partial charge in [-0.25, -0.2) is 14.2 Å². The number of halogens is 3. The lowest BCUT2D eigenvalue weighted by atomic mass is 9.80. The molecule has 2 heterocycles. The molecule has 32 heavy (non-hydrogen) atoms. The summed E-state index contributed by atoms with van der Waals surface area (Å²) in [6, 6.07) is 11.5. The number of esters is 1. The Labute approximate surface area is 198 Å². The summed E-state index contributed by atoms with van der Waals surface area (Å²) in [6.45, 7) is 5.84. The minimum absolute atomic E-state index is 0.0218. The quantitative estimate of drug-likeness (QED) is 0.444. The maximum absolute atomic E-state index is 14.8. The van der Waals surface area contributed by atoms with Crippen LogP contribution in [0.25, 0.3) is 0 Å². The molecule has 164 valence electrons. The normalized spacial score (nSPS) is 16.0. The highest BCUT2D eigenvalue weighted by Crippen LogP contribution is 2.46. The highest BCUT2D eigenvalue weighted by Gasteiger charge is 2.43. The lowest BCUT2D eigenvalue weighted by molar-refractivity contribution is 0.0518. The Balaban J connectivity index is 2.00. The lowest BCUT2D eigenvalue weighted by Crippen LogP contribution is -2.39. The van der Waals surface area contributed by atoms with Gasteiger partial charge in [-0.2, -0.15) is 5.26 Å². The van der Waals surface area contributed by atoms with Gasteiger partial charge in [-0.3, -0.25) is 0 Å². The molecule has 1 aliphatic rings. The first-order valence-corrected chi connectivity index (χ1v) is 11.1. The van der Waals surface area contributed by atoms with Gasteiger partial charge in [0.2, 0.25) is 0 Å². The Kier molecular flexibility index (Phi) is 5.74. The molecule has 1 aliphatic heterocycles. The standard InChI is InChI=1S/C23H19BrClFN4O2/c1-4-32-21(31)19-20-18(28-16-7-5-6-15(25)17(16)26)13-9-8-12(11-27)10-14(13)23(2,3)30(20)22(24)29-19/h5-10,18,28H,4H2,1-3H3. The van der Waals surface area contributed by atoms with Crippen molar-refractivity contribution in [2.24, 2.45) is 0 Å². The third-order valence-corrected chi connectivity index (χ3v) is 6.40. The summed E-state index contributed by atoms with van der Waals surface area (Å²) in [5, 5.41) is 12.6. The van der Waals surface area contributed by atoms with Gasteiger partial charge >= 0.3 is 5.97 Å². The minimum atomic E-state index is -0.667. The van der Waals surface area contributed by atoms with Gasteiger partial charge in [0.25, 0.3) is 0 Å². The number of hydrogen-bond acceptors (Lipinski definition) is 5. The first-order chi connectivity index (χ1) is 15.2. The lowest BCUT2D eigenvalue weighted by Gasteiger charge is -2.40. The highest BCUT2D eigenvalue weighted by molar-refractivity contribution is 9.10. The molecule has 9 heteroatoms. The van der Waals surface area contributed by atoms with Crippen LogP contribution in [0.5, 0.6) is 0 Å². The Bertz CT molecular complexity index is 1280. The number of rotatable bonds is 4. The van der Waals surface area contributed by atoms with Gasteiger partial charge in [0.05, 0.1) is 46.2 Å². The van der Waals surface area contributed by atoms with E-state index >= 15 is 0 Å². The van der Waals surface area contributed by atoms with E-state index in [2.05, 4.69) is 32.3 Å². The predicted octanol–water partition coefficient (Wildman–Crippen LogP) is 5.78. The summed E-state index contributed by atoms with van der Waals surface area (Å²) in [6.07, 6.45) is 0. The second-order valence-corrected chi connectivity index (χ2v) is 8.94. The fourth-order valence-corrected chi connectivity index (χ4v) is 5.13. The second kappa shape index (κ2) is 8.23. The average molecular weight is 518 g/mol. The number of carbonyl (C=O) groups excluding carboxylic acids is 1. The van der Waals surface area contributed by atoms with Crippen LogP contribution in [-0.4, -0.2) is 22.1 Å². The number of nitrogens with one attached hydrogen (secondary N) is 1. The van der Waals surface area contributed by atoms with Crippen LogP contribution in [0.15, 0.2) is 41.1 Å². The Hall–Kier alpha value is -2.89. The summed E-state index contributed by atoms with van der Waals surface area (Å²) >= 11 is 9.47. The monoisotopic (exact) mass is 516 g/mol. The van der Waals surface area contributed by atoms with E-state index in [1.54, 1.807) is 31.2 Å². The Morgan fingerprint density at radius 2 is 2.16 bits per heavy atom. The summed E-state index contributed by atoms with van der Waals surface area (Å²) in [5.74, 6) is -1.18. The average Bonchev–Trinajstić information content (AvgIpc) is 3.12. The van der Waals surface area contributed by atoms with E-state index in [1.165, 1.54) is 6.07 Å². The molecule has 1 N–H and O–H groups in total. The van der Waals surface area contributed by atoms with E-state index in [-0.39, 0.29) is 23.0 Å². The summed E-state index contributed by atoms with van der Waals surface area (Å²) in [7, 11) is 0. The molecule has 1 aromatic heterocycles. The molecule has 1 atom stereocenters. The van der Waals surface area contributed by atoms with Crippen LogP contribution < -0.4 is 5.32 Å². The van der Waals surface area contributed by atoms with Crippen molar-refractivity contribution in [3.63, 3.8) is 0 Å². The number of imidazole rings is 1. The van der Waals surface area contributed by atoms with Crippen LogP contribution in [0.3, 0.4) is 0 Å². The second-order valence-electron chi connectivity index (χ2n) is 7.82. The molecule has 2 aromatic carbocycles. The molecular formula is C23H19BrClFN4O2. The summed E-state index contributed by atoms with van der Waals surface area (Å²) in [4.78, 5) is 17.2. The van der Waals surface area contributed by atoms with Gasteiger partial charge in [-0.1, -0.05) is 23.7 Å². The SMILES string of the molecule is CCOC(=O)c1nc(Br)n2c1C(Nc1cccc(Cl)c1F)c1ccc(C#N)cc1C2(C)C. The van der Waals surface area contributed by atoms with Crippen molar-refractivity contribution in [2.45, 2.75) is 32.4 Å². The van der Waals surface area contributed by atoms with Crippen LogP contribution in [0.2, 0.25) is 5.02 Å². The van der Waals surface area contributed by atoms with Crippen LogP contribution in [-0.2, 0) is 10.3 Å². The van der Waals surface area contributed by atoms with Crippen molar-refractivity contribution in [1.82, 2.24) is 9.55 Å². The van der Waals surface area contributed by atoms with Gasteiger partial charge in [-0.05, 0) is 72.1 Å². The van der Waals surface area contributed by atoms with Crippen LogP contribution in [0.4, 0.5) is 10.1 Å². The number of carbonyl (C=O) groups is 1. The topological polar surface area (TPSA) is 79.9 Å². The largest absolute Gasteiger partial charge is 0.461 e. The molecule has 4 rings (SSSR count). The zero-order valence-electron chi connectivity index (χ0n) is 17.5. The van der Waals surface area contributed by atoms with Crippen LogP contribution in [0.1, 0.15) is 59.7 Å². The maximum Gasteiger partial charge on any atom is 0.358 e. The van der Waals surface area contributed by atoms with E-state index in [0.29, 0.717) is 16.0 Å². The number of anilines is 1. The molecule has 0 saturated carbocycles. The molecule has 0 radical (unpaired) electrons. The number of benzene rings is 2. The molecular weight excluding hydrogens is 499 g/mol. The number of ether oxygens (including phenoxy) is 1. The Morgan fingerprint density at radius 3 is 2.84 bits per heavy atom. The fourth-order valence-electron chi connectivity index (χ4n) is 4.14.